The van der Waals surface area contributed by atoms with E-state index in [2.05, 4.69) is 10.1 Å². The fraction of sp³-hybridized carbons (Fsp3) is 0.471. The van der Waals surface area contributed by atoms with Crippen LogP contribution in [0.2, 0.25) is 0 Å². The number of hydrogen-bond donors (Lipinski definition) is 1. The van der Waals surface area contributed by atoms with Gasteiger partial charge in [-0.05, 0) is 37.8 Å². The van der Waals surface area contributed by atoms with Crippen LogP contribution in [0.5, 0.6) is 0 Å². The molecular weight excluding hydrogens is 294 g/mol. The Bertz CT molecular complexity index is 719. The van der Waals surface area contributed by atoms with Crippen LogP contribution in [-0.2, 0) is 0 Å². The number of hydrogen-bond acceptors (Lipinski definition) is 5. The number of benzene rings is 1. The largest absolute Gasteiger partial charge is 0.395 e. The Labute approximate surface area is 134 Å². The van der Waals surface area contributed by atoms with Gasteiger partial charge >= 0.3 is 0 Å². The Morgan fingerprint density at radius 1 is 1.30 bits per heavy atom. The maximum atomic E-state index is 12.7. The molecule has 23 heavy (non-hydrogen) atoms. The number of aliphatic hydroxyl groups is 1. The lowest BCUT2D eigenvalue weighted by Gasteiger charge is -2.21. The number of nitrogens with zero attached hydrogens (tertiary/aromatic N) is 3. The van der Waals surface area contributed by atoms with E-state index in [1.54, 1.807) is 17.0 Å². The molecule has 6 heteroatoms. The van der Waals surface area contributed by atoms with E-state index < -0.39 is 0 Å². The maximum absolute atomic E-state index is 12.7. The van der Waals surface area contributed by atoms with Gasteiger partial charge in [0.2, 0.25) is 11.7 Å². The second-order valence-corrected chi connectivity index (χ2v) is 6.26. The van der Waals surface area contributed by atoms with Crippen molar-refractivity contribution in [1.29, 1.82) is 0 Å². The van der Waals surface area contributed by atoms with Crippen molar-refractivity contribution in [3.63, 3.8) is 0 Å². The molecule has 2 fully saturated rings. The number of aromatic nitrogens is 2. The summed E-state index contributed by atoms with van der Waals surface area (Å²) >= 11 is 0. The average molecular weight is 313 g/mol. The molecule has 0 aliphatic heterocycles. The minimum Gasteiger partial charge on any atom is -0.395 e. The standard InChI is InChI=1S/C17H19N3O3/c21-9-8-20(14-6-7-14)17(22)13-3-1-2-12(10-13)15-18-16(23-19-15)11-4-5-11/h1-3,10-11,14,21H,4-9H2. The summed E-state index contributed by atoms with van der Waals surface area (Å²) in [5.41, 5.74) is 1.38. The minimum atomic E-state index is -0.0469. The minimum absolute atomic E-state index is 0.0163. The van der Waals surface area contributed by atoms with Gasteiger partial charge in [0.1, 0.15) is 0 Å². The summed E-state index contributed by atoms with van der Waals surface area (Å²) < 4.78 is 5.29. The normalized spacial score (nSPS) is 17.3. The van der Waals surface area contributed by atoms with Gasteiger partial charge in [0.25, 0.3) is 5.91 Å². The van der Waals surface area contributed by atoms with E-state index in [4.69, 9.17) is 4.52 Å². The van der Waals surface area contributed by atoms with Crippen molar-refractivity contribution in [2.75, 3.05) is 13.2 Å². The van der Waals surface area contributed by atoms with Gasteiger partial charge in [-0.3, -0.25) is 4.79 Å². The molecule has 6 nitrogen and oxygen atoms in total. The lowest BCUT2D eigenvalue weighted by atomic mass is 10.1. The number of carbonyl (C=O) groups is 1. The summed E-state index contributed by atoms with van der Waals surface area (Å²) in [6, 6.07) is 7.58. The van der Waals surface area contributed by atoms with Gasteiger partial charge in [0.05, 0.1) is 6.61 Å². The fourth-order valence-corrected chi connectivity index (χ4v) is 2.75. The lowest BCUT2D eigenvalue weighted by molar-refractivity contribution is 0.0707. The number of carbonyl (C=O) groups excluding carboxylic acids is 1. The molecule has 120 valence electrons. The first-order valence-electron chi connectivity index (χ1n) is 8.12. The highest BCUT2D eigenvalue weighted by atomic mass is 16.5. The van der Waals surface area contributed by atoms with Crippen LogP contribution in [0.3, 0.4) is 0 Å². The molecule has 4 rings (SSSR count). The maximum Gasteiger partial charge on any atom is 0.254 e. The third kappa shape index (κ3) is 2.99. The quantitative estimate of drug-likeness (QED) is 0.884. The molecule has 1 N–H and O–H groups in total. The molecule has 0 unspecified atom stereocenters. The van der Waals surface area contributed by atoms with Crippen LogP contribution < -0.4 is 0 Å². The van der Waals surface area contributed by atoms with Gasteiger partial charge in [-0.15, -0.1) is 0 Å². The van der Waals surface area contributed by atoms with Gasteiger partial charge < -0.3 is 14.5 Å². The van der Waals surface area contributed by atoms with Crippen molar-refractivity contribution in [3.05, 3.63) is 35.7 Å². The SMILES string of the molecule is O=C(c1cccc(-c2noc(C3CC3)n2)c1)N(CCO)C1CC1. The van der Waals surface area contributed by atoms with E-state index in [1.165, 1.54) is 0 Å². The summed E-state index contributed by atoms with van der Waals surface area (Å²) in [6.07, 6.45) is 4.25. The fourth-order valence-electron chi connectivity index (χ4n) is 2.75. The van der Waals surface area contributed by atoms with Crippen molar-refractivity contribution in [3.8, 4) is 11.4 Å². The Balaban J connectivity index is 1.58. The average Bonchev–Trinajstić information content (AvgIpc) is 3.51. The summed E-state index contributed by atoms with van der Waals surface area (Å²) in [5.74, 6) is 1.59. The van der Waals surface area contributed by atoms with Crippen LogP contribution in [0.15, 0.2) is 28.8 Å². The molecule has 1 heterocycles. The van der Waals surface area contributed by atoms with Crippen LogP contribution in [-0.4, -0.2) is 45.2 Å². The molecular formula is C17H19N3O3. The summed E-state index contributed by atoms with van der Waals surface area (Å²) in [4.78, 5) is 18.9. The molecule has 2 aliphatic rings. The van der Waals surface area contributed by atoms with E-state index in [0.717, 1.165) is 31.2 Å². The second kappa shape index (κ2) is 5.77. The van der Waals surface area contributed by atoms with Gasteiger partial charge in [-0.25, -0.2) is 0 Å². The highest BCUT2D eigenvalue weighted by Gasteiger charge is 2.33. The van der Waals surface area contributed by atoms with Crippen LogP contribution in [0.25, 0.3) is 11.4 Å². The third-order valence-corrected chi connectivity index (χ3v) is 4.33. The molecule has 2 aromatic rings. The van der Waals surface area contributed by atoms with E-state index in [1.807, 2.05) is 12.1 Å². The Kier molecular flexibility index (Phi) is 3.61. The van der Waals surface area contributed by atoms with Crippen LogP contribution in [0.1, 0.15) is 47.8 Å². The second-order valence-electron chi connectivity index (χ2n) is 6.26. The predicted molar refractivity (Wildman–Crippen MR) is 82.9 cm³/mol. The van der Waals surface area contributed by atoms with Crippen molar-refractivity contribution < 1.29 is 14.4 Å². The summed E-state index contributed by atoms with van der Waals surface area (Å²) in [7, 11) is 0. The molecule has 0 radical (unpaired) electrons. The molecule has 1 aromatic heterocycles. The molecule has 1 amide bonds. The van der Waals surface area contributed by atoms with Crippen LogP contribution in [0, 0.1) is 0 Å². The lowest BCUT2D eigenvalue weighted by Crippen LogP contribution is -2.35. The van der Waals surface area contributed by atoms with Crippen molar-refractivity contribution in [2.45, 2.75) is 37.6 Å². The number of amides is 1. The number of rotatable bonds is 6. The highest BCUT2D eigenvalue weighted by Crippen LogP contribution is 2.39. The first-order valence-corrected chi connectivity index (χ1v) is 8.12. The first-order chi connectivity index (χ1) is 11.3. The molecule has 2 saturated carbocycles. The molecule has 0 bridgehead atoms. The van der Waals surface area contributed by atoms with Crippen molar-refractivity contribution in [2.24, 2.45) is 0 Å². The zero-order valence-corrected chi connectivity index (χ0v) is 12.8. The zero-order chi connectivity index (χ0) is 15.8. The Morgan fingerprint density at radius 3 is 2.83 bits per heavy atom. The van der Waals surface area contributed by atoms with Gasteiger partial charge in [0, 0.05) is 29.6 Å². The van der Waals surface area contributed by atoms with E-state index in [0.29, 0.717) is 29.7 Å². The predicted octanol–water partition coefficient (Wildman–Crippen LogP) is 2.21. The van der Waals surface area contributed by atoms with Crippen LogP contribution in [0.4, 0.5) is 0 Å². The smallest absolute Gasteiger partial charge is 0.254 e. The van der Waals surface area contributed by atoms with Gasteiger partial charge in [0.15, 0.2) is 0 Å². The van der Waals surface area contributed by atoms with E-state index >= 15 is 0 Å². The van der Waals surface area contributed by atoms with Crippen LogP contribution >= 0.6 is 0 Å². The zero-order valence-electron chi connectivity index (χ0n) is 12.8. The highest BCUT2D eigenvalue weighted by molar-refractivity contribution is 5.95. The van der Waals surface area contributed by atoms with E-state index in [9.17, 15) is 9.90 Å². The van der Waals surface area contributed by atoms with Gasteiger partial charge in [-0.1, -0.05) is 17.3 Å². The Hall–Kier alpha value is -2.21. The third-order valence-electron chi connectivity index (χ3n) is 4.33. The monoisotopic (exact) mass is 313 g/mol. The molecule has 0 saturated heterocycles. The molecule has 1 aromatic carbocycles. The topological polar surface area (TPSA) is 79.5 Å². The summed E-state index contributed by atoms with van der Waals surface area (Å²) in [5, 5.41) is 13.2. The summed E-state index contributed by atoms with van der Waals surface area (Å²) in [6.45, 7) is 0.360. The first kappa shape index (κ1) is 14.4. The number of aliphatic hydroxyl groups excluding tert-OH is 1. The molecule has 0 atom stereocenters. The van der Waals surface area contributed by atoms with Gasteiger partial charge in [-0.2, -0.15) is 4.98 Å². The molecule has 0 spiro atoms. The van der Waals surface area contributed by atoms with Crippen molar-refractivity contribution in [1.82, 2.24) is 15.0 Å². The van der Waals surface area contributed by atoms with Crippen molar-refractivity contribution >= 4 is 5.91 Å². The van der Waals surface area contributed by atoms with E-state index in [-0.39, 0.29) is 18.6 Å². The molecule has 2 aliphatic carbocycles. The Morgan fingerprint density at radius 2 is 2.13 bits per heavy atom.